The molecular formula is C12H19F3N2O2. The first-order valence-electron chi connectivity index (χ1n) is 6.14. The lowest BCUT2D eigenvalue weighted by atomic mass is 9.94. The Balaban J connectivity index is 2.50. The summed E-state index contributed by atoms with van der Waals surface area (Å²) in [5.74, 6) is -0.967. The van der Waals surface area contributed by atoms with E-state index in [1.807, 2.05) is 0 Å². The third-order valence-electron chi connectivity index (χ3n) is 2.91. The molecule has 0 unspecified atom stereocenters. The molecule has 0 aliphatic carbocycles. The summed E-state index contributed by atoms with van der Waals surface area (Å²) in [5, 5.41) is 0. The zero-order chi connectivity index (χ0) is 14.8. The normalized spacial score (nSPS) is 17.6. The van der Waals surface area contributed by atoms with Gasteiger partial charge in [-0.15, -0.1) is 0 Å². The SMILES string of the molecule is CC(C)(C)C(=O)N1CCN(C(=O)CC(F)(F)F)CC1. The highest BCUT2D eigenvalue weighted by molar-refractivity contribution is 5.82. The largest absolute Gasteiger partial charge is 0.397 e. The van der Waals surface area contributed by atoms with Gasteiger partial charge in [-0.05, 0) is 0 Å². The van der Waals surface area contributed by atoms with Gasteiger partial charge >= 0.3 is 6.18 Å². The van der Waals surface area contributed by atoms with Crippen molar-refractivity contribution in [1.82, 2.24) is 9.80 Å². The van der Waals surface area contributed by atoms with Gasteiger partial charge in [-0.3, -0.25) is 9.59 Å². The number of nitrogens with zero attached hydrogens (tertiary/aromatic N) is 2. The number of piperazine rings is 1. The molecule has 2 amide bonds. The van der Waals surface area contributed by atoms with Gasteiger partial charge in [-0.25, -0.2) is 0 Å². The molecule has 1 fully saturated rings. The monoisotopic (exact) mass is 280 g/mol. The van der Waals surface area contributed by atoms with Crippen LogP contribution >= 0.6 is 0 Å². The quantitative estimate of drug-likeness (QED) is 0.733. The Bertz CT molecular complexity index is 353. The third-order valence-corrected chi connectivity index (χ3v) is 2.91. The van der Waals surface area contributed by atoms with Crippen LogP contribution in [0, 0.1) is 5.41 Å². The summed E-state index contributed by atoms with van der Waals surface area (Å²) in [5.41, 5.74) is -0.516. The highest BCUT2D eigenvalue weighted by Gasteiger charge is 2.36. The molecule has 0 spiro atoms. The molecule has 110 valence electrons. The zero-order valence-corrected chi connectivity index (χ0v) is 11.4. The molecule has 4 nitrogen and oxygen atoms in total. The molecule has 0 atom stereocenters. The smallest absolute Gasteiger partial charge is 0.339 e. The van der Waals surface area contributed by atoms with Gasteiger partial charge in [0.2, 0.25) is 11.8 Å². The van der Waals surface area contributed by atoms with E-state index < -0.39 is 23.9 Å². The van der Waals surface area contributed by atoms with Crippen LogP contribution in [0.4, 0.5) is 13.2 Å². The molecule has 7 heteroatoms. The molecule has 1 aliphatic rings. The highest BCUT2D eigenvalue weighted by Crippen LogP contribution is 2.22. The van der Waals surface area contributed by atoms with E-state index in [0.29, 0.717) is 13.1 Å². The third kappa shape index (κ3) is 4.72. The molecule has 0 aromatic heterocycles. The maximum absolute atomic E-state index is 12.1. The van der Waals surface area contributed by atoms with Gasteiger partial charge in [0.15, 0.2) is 0 Å². The van der Waals surface area contributed by atoms with Crippen LogP contribution in [0.5, 0.6) is 0 Å². The lowest BCUT2D eigenvalue weighted by Crippen LogP contribution is -2.53. The molecule has 0 N–H and O–H groups in total. The van der Waals surface area contributed by atoms with E-state index in [2.05, 4.69) is 0 Å². The topological polar surface area (TPSA) is 40.6 Å². The summed E-state index contributed by atoms with van der Waals surface area (Å²) in [6.45, 7) is 6.27. The molecular weight excluding hydrogens is 261 g/mol. The zero-order valence-electron chi connectivity index (χ0n) is 11.4. The van der Waals surface area contributed by atoms with Crippen LogP contribution in [0.15, 0.2) is 0 Å². The second-order valence-corrected chi connectivity index (χ2v) is 5.71. The van der Waals surface area contributed by atoms with E-state index in [1.54, 1.807) is 25.7 Å². The van der Waals surface area contributed by atoms with E-state index in [-0.39, 0.29) is 19.0 Å². The standard InChI is InChI=1S/C12H19F3N2O2/c1-11(2,3)10(19)17-6-4-16(5-7-17)9(18)8-12(13,14)15/h4-8H2,1-3H3. The fraction of sp³-hybridized carbons (Fsp3) is 0.833. The minimum absolute atomic E-state index is 0.0459. The van der Waals surface area contributed by atoms with Crippen molar-refractivity contribution < 1.29 is 22.8 Å². The molecule has 0 radical (unpaired) electrons. The Hall–Kier alpha value is -1.27. The molecule has 1 aliphatic heterocycles. The molecule has 1 heterocycles. The molecule has 0 aromatic carbocycles. The summed E-state index contributed by atoms with van der Waals surface area (Å²) in [4.78, 5) is 26.1. The fourth-order valence-corrected chi connectivity index (χ4v) is 1.92. The first-order valence-corrected chi connectivity index (χ1v) is 6.14. The van der Waals surface area contributed by atoms with Gasteiger partial charge in [0.05, 0.1) is 0 Å². The summed E-state index contributed by atoms with van der Waals surface area (Å²) >= 11 is 0. The summed E-state index contributed by atoms with van der Waals surface area (Å²) in [6, 6.07) is 0. The van der Waals surface area contributed by atoms with Gasteiger partial charge in [0, 0.05) is 31.6 Å². The molecule has 1 rings (SSSR count). The Morgan fingerprint density at radius 1 is 0.947 bits per heavy atom. The second-order valence-electron chi connectivity index (χ2n) is 5.71. The van der Waals surface area contributed by atoms with Gasteiger partial charge in [-0.1, -0.05) is 20.8 Å². The predicted octanol–water partition coefficient (Wildman–Crippen LogP) is 1.66. The molecule has 0 aromatic rings. The van der Waals surface area contributed by atoms with Crippen LogP contribution in [0.2, 0.25) is 0 Å². The maximum atomic E-state index is 12.1. The van der Waals surface area contributed by atoms with E-state index >= 15 is 0 Å². The van der Waals surface area contributed by atoms with Gasteiger partial charge in [0.25, 0.3) is 0 Å². The minimum atomic E-state index is -4.48. The fourth-order valence-electron chi connectivity index (χ4n) is 1.92. The van der Waals surface area contributed by atoms with Crippen molar-refractivity contribution >= 4 is 11.8 Å². The van der Waals surface area contributed by atoms with Crippen molar-refractivity contribution in [3.05, 3.63) is 0 Å². The maximum Gasteiger partial charge on any atom is 0.397 e. The van der Waals surface area contributed by atoms with Gasteiger partial charge in [0.1, 0.15) is 6.42 Å². The molecule has 1 saturated heterocycles. The lowest BCUT2D eigenvalue weighted by Gasteiger charge is -2.37. The first kappa shape index (κ1) is 15.8. The van der Waals surface area contributed by atoms with Gasteiger partial charge < -0.3 is 9.80 Å². The van der Waals surface area contributed by atoms with Crippen LogP contribution in [-0.4, -0.2) is 54.0 Å². The predicted molar refractivity (Wildman–Crippen MR) is 63.3 cm³/mol. The molecule has 0 saturated carbocycles. The Kier molecular flexibility index (Phi) is 4.47. The molecule has 0 bridgehead atoms. The average molecular weight is 280 g/mol. The number of halogens is 3. The van der Waals surface area contributed by atoms with Crippen LogP contribution in [0.1, 0.15) is 27.2 Å². The van der Waals surface area contributed by atoms with Crippen molar-refractivity contribution in [2.45, 2.75) is 33.4 Å². The summed E-state index contributed by atoms with van der Waals surface area (Å²) in [7, 11) is 0. The Morgan fingerprint density at radius 2 is 1.37 bits per heavy atom. The number of alkyl halides is 3. The number of rotatable bonds is 1. The second kappa shape index (κ2) is 5.38. The van der Waals surface area contributed by atoms with E-state index in [9.17, 15) is 22.8 Å². The molecule has 19 heavy (non-hydrogen) atoms. The summed E-state index contributed by atoms with van der Waals surface area (Å²) < 4.78 is 36.3. The number of carbonyl (C=O) groups excluding carboxylic acids is 2. The van der Waals surface area contributed by atoms with Crippen LogP contribution in [0.3, 0.4) is 0 Å². The van der Waals surface area contributed by atoms with Crippen LogP contribution in [-0.2, 0) is 9.59 Å². The van der Waals surface area contributed by atoms with Crippen molar-refractivity contribution in [3.63, 3.8) is 0 Å². The van der Waals surface area contributed by atoms with E-state index in [4.69, 9.17) is 0 Å². The number of carbonyl (C=O) groups is 2. The first-order chi connectivity index (χ1) is 8.50. The van der Waals surface area contributed by atoms with Crippen molar-refractivity contribution in [3.8, 4) is 0 Å². The Labute approximate surface area is 110 Å². The van der Waals surface area contributed by atoms with Crippen LogP contribution < -0.4 is 0 Å². The number of hydrogen-bond acceptors (Lipinski definition) is 2. The van der Waals surface area contributed by atoms with Crippen molar-refractivity contribution in [2.75, 3.05) is 26.2 Å². The van der Waals surface area contributed by atoms with E-state index in [0.717, 1.165) is 0 Å². The van der Waals surface area contributed by atoms with E-state index in [1.165, 1.54) is 4.90 Å². The minimum Gasteiger partial charge on any atom is -0.339 e. The lowest BCUT2D eigenvalue weighted by molar-refractivity contribution is -0.164. The number of hydrogen-bond donors (Lipinski definition) is 0. The highest BCUT2D eigenvalue weighted by atomic mass is 19.4. The van der Waals surface area contributed by atoms with Gasteiger partial charge in [-0.2, -0.15) is 13.2 Å². The summed E-state index contributed by atoms with van der Waals surface area (Å²) in [6.07, 6.45) is -5.91. The van der Waals surface area contributed by atoms with Crippen molar-refractivity contribution in [2.24, 2.45) is 5.41 Å². The average Bonchev–Trinajstić information content (AvgIpc) is 2.24. The Morgan fingerprint density at radius 3 is 1.74 bits per heavy atom. The van der Waals surface area contributed by atoms with Crippen LogP contribution in [0.25, 0.3) is 0 Å². The van der Waals surface area contributed by atoms with Crippen molar-refractivity contribution in [1.29, 1.82) is 0 Å². The number of amides is 2.